The average Bonchev–Trinajstić information content (AvgIpc) is 3.24. The van der Waals surface area contributed by atoms with Gasteiger partial charge in [-0.05, 0) is 47.6 Å². The van der Waals surface area contributed by atoms with E-state index in [1.807, 2.05) is 17.5 Å². The van der Waals surface area contributed by atoms with Crippen LogP contribution < -0.4 is 0 Å². The maximum Gasteiger partial charge on any atom is 0.0719 e. The van der Waals surface area contributed by atoms with E-state index in [2.05, 4.69) is 78.9 Å². The Morgan fingerprint density at radius 1 is 0.677 bits per heavy atom. The average molecular weight is 420 g/mol. The molecule has 2 aromatic heterocycles. The van der Waals surface area contributed by atoms with E-state index in [4.69, 9.17) is 4.98 Å². The molecule has 0 spiro atoms. The molecule has 31 heavy (non-hydrogen) atoms. The largest absolute Gasteiger partial charge is 0.256 e. The fraction of sp³-hybridized carbons (Fsp3) is 0.207. The number of nitrogens with zero attached hydrogens (tertiary/aromatic N) is 1. The molecule has 0 aliphatic heterocycles. The molecule has 3 aromatic carbocycles. The molecular weight excluding hydrogens is 394 g/mol. The molecule has 0 N–H and O–H groups in total. The summed E-state index contributed by atoms with van der Waals surface area (Å²) in [5.41, 5.74) is 6.43. The SMILES string of the molecule is c1ccc(-c2cccc3c2sc2c(-c4cc(C5CCCCC5)ccn4)cccc23)cc1. The second kappa shape index (κ2) is 7.94. The van der Waals surface area contributed by atoms with Gasteiger partial charge in [-0.25, -0.2) is 0 Å². The van der Waals surface area contributed by atoms with Gasteiger partial charge in [-0.1, -0.05) is 86.0 Å². The van der Waals surface area contributed by atoms with Gasteiger partial charge in [0.2, 0.25) is 0 Å². The fourth-order valence-corrected chi connectivity index (χ4v) is 6.51. The molecule has 2 heteroatoms. The molecule has 152 valence electrons. The molecule has 0 amide bonds. The van der Waals surface area contributed by atoms with Gasteiger partial charge in [0.05, 0.1) is 5.69 Å². The van der Waals surface area contributed by atoms with E-state index < -0.39 is 0 Å². The first-order valence-electron chi connectivity index (χ1n) is 11.3. The lowest BCUT2D eigenvalue weighted by atomic mass is 9.84. The molecule has 5 aromatic rings. The van der Waals surface area contributed by atoms with Crippen LogP contribution in [0.2, 0.25) is 0 Å². The summed E-state index contributed by atoms with van der Waals surface area (Å²) in [7, 11) is 0. The number of thiophene rings is 1. The highest BCUT2D eigenvalue weighted by molar-refractivity contribution is 7.26. The van der Waals surface area contributed by atoms with Gasteiger partial charge in [0, 0.05) is 31.9 Å². The molecular formula is C29H25NS. The topological polar surface area (TPSA) is 12.9 Å². The second-order valence-corrected chi connectivity index (χ2v) is 9.66. The minimum absolute atomic E-state index is 0.696. The first kappa shape index (κ1) is 18.8. The predicted octanol–water partition coefficient (Wildman–Crippen LogP) is 8.83. The van der Waals surface area contributed by atoms with Crippen molar-refractivity contribution in [2.24, 2.45) is 0 Å². The van der Waals surface area contributed by atoms with Crippen LogP contribution in [0.3, 0.4) is 0 Å². The van der Waals surface area contributed by atoms with Gasteiger partial charge in [0.15, 0.2) is 0 Å². The third-order valence-corrected chi connectivity index (χ3v) is 8.03. The summed E-state index contributed by atoms with van der Waals surface area (Å²) in [5, 5.41) is 2.67. The molecule has 1 nitrogen and oxygen atoms in total. The van der Waals surface area contributed by atoms with Crippen LogP contribution >= 0.6 is 11.3 Å². The van der Waals surface area contributed by atoms with Crippen LogP contribution in [-0.4, -0.2) is 4.98 Å². The van der Waals surface area contributed by atoms with Crippen molar-refractivity contribution in [3.05, 3.63) is 90.6 Å². The molecule has 2 heterocycles. The minimum Gasteiger partial charge on any atom is -0.256 e. The van der Waals surface area contributed by atoms with E-state index >= 15 is 0 Å². The van der Waals surface area contributed by atoms with Crippen LogP contribution in [0.15, 0.2) is 85.1 Å². The first-order valence-corrected chi connectivity index (χ1v) is 12.2. The van der Waals surface area contributed by atoms with Crippen molar-refractivity contribution < 1.29 is 0 Å². The summed E-state index contributed by atoms with van der Waals surface area (Å²) in [4.78, 5) is 4.81. The molecule has 0 atom stereocenters. The van der Waals surface area contributed by atoms with Crippen molar-refractivity contribution in [1.82, 2.24) is 4.98 Å². The number of rotatable bonds is 3. The summed E-state index contributed by atoms with van der Waals surface area (Å²) in [6.07, 6.45) is 8.75. The lowest BCUT2D eigenvalue weighted by Gasteiger charge is -2.22. The Labute approximate surface area is 187 Å². The molecule has 1 saturated carbocycles. The third kappa shape index (κ3) is 3.36. The van der Waals surface area contributed by atoms with Gasteiger partial charge in [-0.3, -0.25) is 4.98 Å². The summed E-state index contributed by atoms with van der Waals surface area (Å²) < 4.78 is 2.70. The van der Waals surface area contributed by atoms with E-state index in [1.54, 1.807) is 0 Å². The van der Waals surface area contributed by atoms with Crippen LogP contribution in [0.1, 0.15) is 43.6 Å². The number of fused-ring (bicyclic) bond motifs is 3. The van der Waals surface area contributed by atoms with E-state index in [1.165, 1.54) is 74.5 Å². The quantitative estimate of drug-likeness (QED) is 0.285. The lowest BCUT2D eigenvalue weighted by Crippen LogP contribution is -2.04. The maximum atomic E-state index is 4.81. The molecule has 0 radical (unpaired) electrons. The van der Waals surface area contributed by atoms with E-state index in [0.29, 0.717) is 5.92 Å². The van der Waals surface area contributed by atoms with Gasteiger partial charge >= 0.3 is 0 Å². The summed E-state index contributed by atoms with van der Waals surface area (Å²) in [6.45, 7) is 0. The fourth-order valence-electron chi connectivity index (χ4n) is 5.15. The summed E-state index contributed by atoms with van der Waals surface area (Å²) in [5.74, 6) is 0.696. The minimum atomic E-state index is 0.696. The van der Waals surface area contributed by atoms with Crippen molar-refractivity contribution in [2.75, 3.05) is 0 Å². The Morgan fingerprint density at radius 2 is 1.39 bits per heavy atom. The Balaban J connectivity index is 1.52. The normalized spacial score (nSPS) is 15.0. The number of benzene rings is 3. The number of hydrogen-bond acceptors (Lipinski definition) is 2. The van der Waals surface area contributed by atoms with E-state index in [9.17, 15) is 0 Å². The third-order valence-electron chi connectivity index (χ3n) is 6.75. The van der Waals surface area contributed by atoms with Gasteiger partial charge < -0.3 is 0 Å². The highest BCUT2D eigenvalue weighted by atomic mass is 32.1. The predicted molar refractivity (Wildman–Crippen MR) is 134 cm³/mol. The number of pyridine rings is 1. The van der Waals surface area contributed by atoms with Crippen molar-refractivity contribution in [1.29, 1.82) is 0 Å². The van der Waals surface area contributed by atoms with Crippen LogP contribution in [-0.2, 0) is 0 Å². The zero-order chi connectivity index (χ0) is 20.6. The van der Waals surface area contributed by atoms with Crippen LogP contribution in [0.25, 0.3) is 42.6 Å². The Kier molecular flexibility index (Phi) is 4.81. The lowest BCUT2D eigenvalue weighted by molar-refractivity contribution is 0.443. The Morgan fingerprint density at radius 3 is 2.16 bits per heavy atom. The highest BCUT2D eigenvalue weighted by Crippen LogP contribution is 2.43. The van der Waals surface area contributed by atoms with Gasteiger partial charge in [0.1, 0.15) is 0 Å². The number of hydrogen-bond donors (Lipinski definition) is 0. The zero-order valence-corrected chi connectivity index (χ0v) is 18.4. The highest BCUT2D eigenvalue weighted by Gasteiger charge is 2.18. The van der Waals surface area contributed by atoms with Gasteiger partial charge in [-0.15, -0.1) is 11.3 Å². The van der Waals surface area contributed by atoms with Crippen molar-refractivity contribution in [3.8, 4) is 22.4 Å². The maximum absolute atomic E-state index is 4.81. The smallest absolute Gasteiger partial charge is 0.0719 e. The van der Waals surface area contributed by atoms with Crippen LogP contribution in [0.5, 0.6) is 0 Å². The molecule has 0 saturated heterocycles. The Hall–Kier alpha value is -2.97. The van der Waals surface area contributed by atoms with Crippen LogP contribution in [0, 0.1) is 0 Å². The van der Waals surface area contributed by atoms with E-state index in [0.717, 1.165) is 5.69 Å². The van der Waals surface area contributed by atoms with Crippen molar-refractivity contribution in [3.63, 3.8) is 0 Å². The molecule has 1 aliphatic carbocycles. The standard InChI is InChI=1S/C29H25NS/c1-3-9-20(10-4-1)22-17-18-30-27(19-22)26-16-8-15-25-24-14-7-13-23(28(24)31-29(25)26)21-11-5-2-6-12-21/h2,5-8,11-20H,1,3-4,9-10H2. The summed E-state index contributed by atoms with van der Waals surface area (Å²) in [6, 6.07) is 28.7. The molecule has 0 unspecified atom stereocenters. The first-order chi connectivity index (χ1) is 15.4. The van der Waals surface area contributed by atoms with Crippen molar-refractivity contribution >= 4 is 31.5 Å². The Bertz CT molecular complexity index is 1360. The molecule has 1 aliphatic rings. The molecule has 6 rings (SSSR count). The second-order valence-electron chi connectivity index (χ2n) is 8.64. The van der Waals surface area contributed by atoms with Crippen LogP contribution in [0.4, 0.5) is 0 Å². The van der Waals surface area contributed by atoms with Crippen molar-refractivity contribution in [2.45, 2.75) is 38.0 Å². The van der Waals surface area contributed by atoms with E-state index in [-0.39, 0.29) is 0 Å². The summed E-state index contributed by atoms with van der Waals surface area (Å²) >= 11 is 1.91. The molecule has 0 bridgehead atoms. The monoisotopic (exact) mass is 419 g/mol. The van der Waals surface area contributed by atoms with Gasteiger partial charge in [0.25, 0.3) is 0 Å². The van der Waals surface area contributed by atoms with Gasteiger partial charge in [-0.2, -0.15) is 0 Å². The number of aromatic nitrogens is 1. The molecule has 1 fully saturated rings. The zero-order valence-electron chi connectivity index (χ0n) is 17.6.